The van der Waals surface area contributed by atoms with Crippen LogP contribution >= 0.6 is 24.8 Å². The lowest BCUT2D eigenvalue weighted by Gasteiger charge is -2.22. The Morgan fingerprint density at radius 1 is 1.18 bits per heavy atom. The Bertz CT molecular complexity index is 731. The van der Waals surface area contributed by atoms with Crippen molar-refractivity contribution in [2.75, 3.05) is 38.6 Å². The third-order valence-corrected chi connectivity index (χ3v) is 4.95. The van der Waals surface area contributed by atoms with Gasteiger partial charge in [-0.2, -0.15) is 0 Å². The van der Waals surface area contributed by atoms with Gasteiger partial charge in [0, 0.05) is 44.3 Å². The second-order valence-corrected chi connectivity index (χ2v) is 7.16. The van der Waals surface area contributed by atoms with E-state index in [0.29, 0.717) is 18.0 Å². The second-order valence-electron chi connectivity index (χ2n) is 7.16. The van der Waals surface area contributed by atoms with Gasteiger partial charge in [-0.25, -0.2) is 0 Å². The maximum absolute atomic E-state index is 12.4. The highest BCUT2D eigenvalue weighted by molar-refractivity contribution is 5.95. The Hall–Kier alpha value is -1.82. The Labute approximate surface area is 180 Å². The summed E-state index contributed by atoms with van der Waals surface area (Å²) in [6.07, 6.45) is 6.95. The lowest BCUT2D eigenvalue weighted by molar-refractivity contribution is 0.0950. The maximum Gasteiger partial charge on any atom is 0.252 e. The third-order valence-electron chi connectivity index (χ3n) is 4.95. The fraction of sp³-hybridized carbons (Fsp3) is 0.429. The lowest BCUT2D eigenvalue weighted by atomic mass is 9.96. The summed E-state index contributed by atoms with van der Waals surface area (Å²) < 4.78 is 0. The van der Waals surface area contributed by atoms with Crippen LogP contribution in [0.15, 0.2) is 42.7 Å². The van der Waals surface area contributed by atoms with Gasteiger partial charge >= 0.3 is 0 Å². The number of nitrogens with one attached hydrogen (secondary N) is 2. The van der Waals surface area contributed by atoms with E-state index in [-0.39, 0.29) is 30.7 Å². The van der Waals surface area contributed by atoms with Crippen molar-refractivity contribution in [3.05, 3.63) is 48.3 Å². The number of pyridine rings is 1. The molecule has 1 fully saturated rings. The lowest BCUT2D eigenvalue weighted by Crippen LogP contribution is -2.33. The molecule has 2 N–H and O–H groups in total. The van der Waals surface area contributed by atoms with Crippen LogP contribution in [0.5, 0.6) is 0 Å². The van der Waals surface area contributed by atoms with Gasteiger partial charge in [0.15, 0.2) is 0 Å². The summed E-state index contributed by atoms with van der Waals surface area (Å²) in [4.78, 5) is 18.8. The topological polar surface area (TPSA) is 57.3 Å². The highest BCUT2D eigenvalue weighted by Crippen LogP contribution is 2.22. The van der Waals surface area contributed by atoms with E-state index in [0.717, 1.165) is 36.3 Å². The average Bonchev–Trinajstić information content (AvgIpc) is 2.69. The van der Waals surface area contributed by atoms with Gasteiger partial charge in [-0.15, -0.1) is 24.8 Å². The number of anilines is 1. The number of aromatic nitrogens is 1. The highest BCUT2D eigenvalue weighted by atomic mass is 35.5. The van der Waals surface area contributed by atoms with Gasteiger partial charge in [-0.1, -0.05) is 12.1 Å². The van der Waals surface area contributed by atoms with Crippen molar-refractivity contribution in [2.24, 2.45) is 5.92 Å². The minimum atomic E-state index is -0.0481. The number of hydrogen-bond acceptors (Lipinski definition) is 4. The van der Waals surface area contributed by atoms with Crippen molar-refractivity contribution < 1.29 is 4.79 Å². The summed E-state index contributed by atoms with van der Waals surface area (Å²) >= 11 is 0. The minimum absolute atomic E-state index is 0. The molecule has 1 unspecified atom stereocenters. The normalized spacial score (nSPS) is 15.7. The zero-order valence-corrected chi connectivity index (χ0v) is 18.1. The van der Waals surface area contributed by atoms with Crippen molar-refractivity contribution in [3.63, 3.8) is 0 Å². The van der Waals surface area contributed by atoms with Crippen LogP contribution in [-0.4, -0.2) is 44.6 Å². The zero-order chi connectivity index (χ0) is 18.4. The van der Waals surface area contributed by atoms with Crippen LogP contribution in [0.25, 0.3) is 11.1 Å². The van der Waals surface area contributed by atoms with E-state index in [2.05, 4.69) is 44.8 Å². The molecule has 1 aromatic carbocycles. The van der Waals surface area contributed by atoms with E-state index >= 15 is 0 Å². The fourth-order valence-corrected chi connectivity index (χ4v) is 3.34. The van der Waals surface area contributed by atoms with Gasteiger partial charge in [0.1, 0.15) is 0 Å². The molecule has 0 bridgehead atoms. The molecule has 2 aromatic rings. The zero-order valence-electron chi connectivity index (χ0n) is 16.5. The number of piperidine rings is 1. The highest BCUT2D eigenvalue weighted by Gasteiger charge is 2.13. The Kier molecular flexibility index (Phi) is 10.3. The molecule has 1 saturated heterocycles. The number of nitrogens with zero attached hydrogens (tertiary/aromatic N) is 2. The molecule has 154 valence electrons. The standard InChI is InChI=1S/C21H28N4O.2ClH/c1-25(2)20-7-5-17(6-8-20)18-12-19(15-23-14-18)21(26)24-11-9-16-4-3-10-22-13-16;;/h5-8,12,14-16,22H,3-4,9-11,13H2,1-2H3,(H,24,26);2*1H. The van der Waals surface area contributed by atoms with Crippen molar-refractivity contribution in [1.29, 1.82) is 0 Å². The van der Waals surface area contributed by atoms with E-state index in [4.69, 9.17) is 0 Å². The Morgan fingerprint density at radius 2 is 1.93 bits per heavy atom. The van der Waals surface area contributed by atoms with E-state index in [1.165, 1.54) is 12.8 Å². The summed E-state index contributed by atoms with van der Waals surface area (Å²) in [6, 6.07) is 10.2. The quantitative estimate of drug-likeness (QED) is 0.740. The van der Waals surface area contributed by atoms with Crippen LogP contribution in [0.1, 0.15) is 29.6 Å². The summed E-state index contributed by atoms with van der Waals surface area (Å²) in [7, 11) is 4.04. The molecular formula is C21H30Cl2N4O. The van der Waals surface area contributed by atoms with Gasteiger partial charge in [-0.05, 0) is 62.0 Å². The van der Waals surface area contributed by atoms with E-state index in [1.807, 2.05) is 20.2 Å². The molecule has 0 aliphatic carbocycles. The van der Waals surface area contributed by atoms with Crippen LogP contribution in [0.3, 0.4) is 0 Å². The molecule has 1 aromatic heterocycles. The molecule has 0 spiro atoms. The molecule has 28 heavy (non-hydrogen) atoms. The van der Waals surface area contributed by atoms with Crippen LogP contribution < -0.4 is 15.5 Å². The SMILES string of the molecule is CN(C)c1ccc(-c2cncc(C(=O)NCCC3CCCNC3)c2)cc1.Cl.Cl. The van der Waals surface area contributed by atoms with E-state index in [1.54, 1.807) is 12.4 Å². The van der Waals surface area contributed by atoms with Crippen LogP contribution in [-0.2, 0) is 0 Å². The first-order valence-corrected chi connectivity index (χ1v) is 9.35. The monoisotopic (exact) mass is 424 g/mol. The molecule has 0 radical (unpaired) electrons. The first-order chi connectivity index (χ1) is 12.6. The molecule has 1 aliphatic rings. The molecule has 1 atom stereocenters. The van der Waals surface area contributed by atoms with Crippen molar-refractivity contribution in [1.82, 2.24) is 15.6 Å². The number of carbonyl (C=O) groups excluding carboxylic acids is 1. The molecule has 0 saturated carbocycles. The van der Waals surface area contributed by atoms with Crippen molar-refractivity contribution in [3.8, 4) is 11.1 Å². The Morgan fingerprint density at radius 3 is 2.57 bits per heavy atom. The largest absolute Gasteiger partial charge is 0.378 e. The molecule has 1 aliphatic heterocycles. The predicted molar refractivity (Wildman–Crippen MR) is 121 cm³/mol. The molecular weight excluding hydrogens is 395 g/mol. The maximum atomic E-state index is 12.4. The summed E-state index contributed by atoms with van der Waals surface area (Å²) in [5, 5.41) is 6.45. The van der Waals surface area contributed by atoms with Gasteiger partial charge in [0.25, 0.3) is 5.91 Å². The van der Waals surface area contributed by atoms with Gasteiger partial charge < -0.3 is 15.5 Å². The van der Waals surface area contributed by atoms with Gasteiger partial charge in [0.2, 0.25) is 0 Å². The molecule has 2 heterocycles. The van der Waals surface area contributed by atoms with Crippen LogP contribution in [0.2, 0.25) is 0 Å². The smallest absolute Gasteiger partial charge is 0.252 e. The number of amides is 1. The first kappa shape index (κ1) is 24.2. The van der Waals surface area contributed by atoms with E-state index < -0.39 is 0 Å². The second kappa shape index (κ2) is 11.9. The minimum Gasteiger partial charge on any atom is -0.378 e. The van der Waals surface area contributed by atoms with Gasteiger partial charge in [0.05, 0.1) is 5.56 Å². The Balaban J connectivity index is 0.00000196. The number of benzene rings is 1. The average molecular weight is 425 g/mol. The number of carbonyl (C=O) groups is 1. The van der Waals surface area contributed by atoms with Crippen LogP contribution in [0, 0.1) is 5.92 Å². The molecule has 3 rings (SSSR count). The number of hydrogen-bond donors (Lipinski definition) is 2. The summed E-state index contributed by atoms with van der Waals surface area (Å²) in [5.74, 6) is 0.622. The first-order valence-electron chi connectivity index (χ1n) is 9.35. The molecule has 7 heteroatoms. The molecule has 5 nitrogen and oxygen atoms in total. The van der Waals surface area contributed by atoms with E-state index in [9.17, 15) is 4.79 Å². The summed E-state index contributed by atoms with van der Waals surface area (Å²) in [6.45, 7) is 2.90. The number of rotatable bonds is 6. The third kappa shape index (κ3) is 6.66. The molecule has 1 amide bonds. The van der Waals surface area contributed by atoms with Crippen LogP contribution in [0.4, 0.5) is 5.69 Å². The number of halogens is 2. The summed E-state index contributed by atoms with van der Waals surface area (Å²) in [5.41, 5.74) is 3.78. The fourth-order valence-electron chi connectivity index (χ4n) is 3.34. The van der Waals surface area contributed by atoms with Crippen molar-refractivity contribution in [2.45, 2.75) is 19.3 Å². The van der Waals surface area contributed by atoms with Crippen molar-refractivity contribution >= 4 is 36.4 Å². The predicted octanol–water partition coefficient (Wildman–Crippen LogP) is 3.78. The van der Waals surface area contributed by atoms with Gasteiger partial charge in [-0.3, -0.25) is 9.78 Å².